The van der Waals surface area contributed by atoms with E-state index in [1.54, 1.807) is 11.3 Å². The second-order valence-electron chi connectivity index (χ2n) is 5.67. The van der Waals surface area contributed by atoms with Gasteiger partial charge >= 0.3 is 0 Å². The molecule has 0 spiro atoms. The van der Waals surface area contributed by atoms with Crippen molar-refractivity contribution in [3.05, 3.63) is 16.6 Å². The Morgan fingerprint density at radius 3 is 2.76 bits per heavy atom. The van der Waals surface area contributed by atoms with Gasteiger partial charge in [-0.1, -0.05) is 25.7 Å². The number of hydrogen-bond donors (Lipinski definition) is 1. The summed E-state index contributed by atoms with van der Waals surface area (Å²) in [6.07, 6.45) is 9.77. The van der Waals surface area contributed by atoms with Crippen molar-refractivity contribution < 1.29 is 0 Å². The number of aromatic nitrogens is 1. The highest BCUT2D eigenvalue weighted by molar-refractivity contribution is 7.07. The zero-order valence-corrected chi connectivity index (χ0v) is 11.2. The summed E-state index contributed by atoms with van der Waals surface area (Å²) in [4.78, 5) is 4.46. The lowest BCUT2D eigenvalue weighted by Crippen LogP contribution is -2.30. The van der Waals surface area contributed by atoms with Gasteiger partial charge in [-0.2, -0.15) is 0 Å². The quantitative estimate of drug-likeness (QED) is 0.838. The van der Waals surface area contributed by atoms with Crippen LogP contribution < -0.4 is 5.32 Å². The number of rotatable bonds is 6. The number of nitrogens with zero attached hydrogens (tertiary/aromatic N) is 1. The minimum absolute atomic E-state index is 0.820. The van der Waals surface area contributed by atoms with E-state index in [2.05, 4.69) is 15.7 Å². The predicted octanol–water partition coefficient (Wildman–Crippen LogP) is 3.24. The van der Waals surface area contributed by atoms with Gasteiger partial charge in [0.2, 0.25) is 0 Å². The summed E-state index contributed by atoms with van der Waals surface area (Å²) in [5, 5.41) is 5.94. The van der Waals surface area contributed by atoms with Crippen LogP contribution in [0.3, 0.4) is 0 Å². The van der Waals surface area contributed by atoms with E-state index >= 15 is 0 Å². The van der Waals surface area contributed by atoms with Crippen LogP contribution in [0.1, 0.15) is 44.2 Å². The highest BCUT2D eigenvalue weighted by atomic mass is 32.1. The molecule has 1 aromatic rings. The number of hydrogen-bond acceptors (Lipinski definition) is 3. The van der Waals surface area contributed by atoms with Crippen LogP contribution in [0.2, 0.25) is 0 Å². The molecule has 0 saturated heterocycles. The maximum atomic E-state index is 4.46. The molecule has 0 aromatic carbocycles. The van der Waals surface area contributed by atoms with Crippen molar-refractivity contribution in [3.63, 3.8) is 0 Å². The molecule has 2 saturated carbocycles. The van der Waals surface area contributed by atoms with Crippen LogP contribution >= 0.6 is 11.3 Å². The van der Waals surface area contributed by atoms with Gasteiger partial charge < -0.3 is 5.32 Å². The molecule has 0 radical (unpaired) electrons. The molecule has 17 heavy (non-hydrogen) atoms. The first-order chi connectivity index (χ1) is 8.42. The highest BCUT2D eigenvalue weighted by Crippen LogP contribution is 2.33. The van der Waals surface area contributed by atoms with Gasteiger partial charge in [-0.25, -0.2) is 4.98 Å². The normalized spacial score (nSPS) is 23.1. The van der Waals surface area contributed by atoms with Crippen molar-refractivity contribution in [1.82, 2.24) is 10.3 Å². The van der Waals surface area contributed by atoms with Crippen LogP contribution in [-0.4, -0.2) is 17.6 Å². The molecule has 3 rings (SSSR count). The molecule has 2 aliphatic rings. The number of thiazole rings is 1. The van der Waals surface area contributed by atoms with E-state index in [4.69, 9.17) is 0 Å². The first-order valence-corrected chi connectivity index (χ1v) is 7.96. The molecule has 0 amide bonds. The molecular weight excluding hydrogens is 228 g/mol. The van der Waals surface area contributed by atoms with E-state index in [0.29, 0.717) is 0 Å². The van der Waals surface area contributed by atoms with E-state index in [1.165, 1.54) is 57.2 Å². The van der Waals surface area contributed by atoms with Crippen molar-refractivity contribution in [2.45, 2.75) is 51.0 Å². The fourth-order valence-corrected chi connectivity index (χ4v) is 3.62. The molecule has 1 aromatic heterocycles. The molecule has 1 N–H and O–H groups in total. The van der Waals surface area contributed by atoms with Crippen LogP contribution in [0.5, 0.6) is 0 Å². The van der Waals surface area contributed by atoms with Crippen LogP contribution in [0, 0.1) is 11.8 Å². The lowest BCUT2D eigenvalue weighted by atomic mass is 9.87. The first-order valence-electron chi connectivity index (χ1n) is 7.02. The topological polar surface area (TPSA) is 24.9 Å². The molecule has 2 fully saturated rings. The van der Waals surface area contributed by atoms with E-state index in [0.717, 1.165) is 17.9 Å². The fraction of sp³-hybridized carbons (Fsp3) is 0.786. The van der Waals surface area contributed by atoms with Gasteiger partial charge in [0.05, 0.1) is 11.2 Å². The van der Waals surface area contributed by atoms with Crippen molar-refractivity contribution in [2.75, 3.05) is 6.54 Å². The second-order valence-corrected chi connectivity index (χ2v) is 6.39. The second kappa shape index (κ2) is 5.49. The highest BCUT2D eigenvalue weighted by Gasteiger charge is 2.28. The SMILES string of the molecule is c1nc(CC(CNC2CC2)C2CCCC2)cs1. The molecule has 1 heterocycles. The zero-order valence-electron chi connectivity index (χ0n) is 10.4. The third-order valence-electron chi connectivity index (χ3n) is 4.27. The third kappa shape index (κ3) is 3.29. The Balaban J connectivity index is 1.57. The summed E-state index contributed by atoms with van der Waals surface area (Å²) in [5.74, 6) is 1.77. The summed E-state index contributed by atoms with van der Waals surface area (Å²) in [7, 11) is 0. The van der Waals surface area contributed by atoms with Gasteiger partial charge in [0, 0.05) is 11.4 Å². The molecule has 2 aliphatic carbocycles. The van der Waals surface area contributed by atoms with Crippen molar-refractivity contribution in [2.24, 2.45) is 11.8 Å². The molecule has 1 atom stereocenters. The Morgan fingerprint density at radius 2 is 2.12 bits per heavy atom. The monoisotopic (exact) mass is 250 g/mol. The predicted molar refractivity (Wildman–Crippen MR) is 72.3 cm³/mol. The largest absolute Gasteiger partial charge is 0.314 e. The van der Waals surface area contributed by atoms with Crippen LogP contribution in [-0.2, 0) is 6.42 Å². The van der Waals surface area contributed by atoms with E-state index in [9.17, 15) is 0 Å². The summed E-state index contributed by atoms with van der Waals surface area (Å²) < 4.78 is 0. The molecule has 2 nitrogen and oxygen atoms in total. The Labute approximate surface area is 108 Å². The average Bonchev–Trinajstić information content (AvgIpc) is 2.85. The molecule has 1 unspecified atom stereocenters. The maximum Gasteiger partial charge on any atom is 0.0794 e. The third-order valence-corrected chi connectivity index (χ3v) is 4.90. The van der Waals surface area contributed by atoms with Gasteiger partial charge in [0.15, 0.2) is 0 Å². The van der Waals surface area contributed by atoms with Crippen molar-refractivity contribution in [3.8, 4) is 0 Å². The standard InChI is InChI=1S/C14H22N2S/c1-2-4-11(3-1)12(8-15-13-5-6-13)7-14-9-17-10-16-14/h9-13,15H,1-8H2. The molecule has 94 valence electrons. The summed E-state index contributed by atoms with van der Waals surface area (Å²) >= 11 is 1.73. The van der Waals surface area contributed by atoms with Gasteiger partial charge in [-0.15, -0.1) is 11.3 Å². The average molecular weight is 250 g/mol. The minimum Gasteiger partial charge on any atom is -0.314 e. The first kappa shape index (κ1) is 11.7. The van der Waals surface area contributed by atoms with Gasteiger partial charge in [0.25, 0.3) is 0 Å². The molecular formula is C14H22N2S. The smallest absolute Gasteiger partial charge is 0.0794 e. The van der Waals surface area contributed by atoms with E-state index in [1.807, 2.05) is 5.51 Å². The maximum absolute atomic E-state index is 4.46. The van der Waals surface area contributed by atoms with Crippen LogP contribution in [0.25, 0.3) is 0 Å². The van der Waals surface area contributed by atoms with Gasteiger partial charge in [-0.05, 0) is 37.6 Å². The van der Waals surface area contributed by atoms with Crippen molar-refractivity contribution in [1.29, 1.82) is 0 Å². The summed E-state index contributed by atoms with van der Waals surface area (Å²) in [6, 6.07) is 0.842. The lowest BCUT2D eigenvalue weighted by molar-refractivity contribution is 0.318. The van der Waals surface area contributed by atoms with Gasteiger partial charge in [-0.3, -0.25) is 0 Å². The molecule has 0 bridgehead atoms. The number of nitrogens with one attached hydrogen (secondary N) is 1. The lowest BCUT2D eigenvalue weighted by Gasteiger charge is -2.23. The minimum atomic E-state index is 0.820. The van der Waals surface area contributed by atoms with E-state index < -0.39 is 0 Å². The van der Waals surface area contributed by atoms with E-state index in [-0.39, 0.29) is 0 Å². The Hall–Kier alpha value is -0.410. The Morgan fingerprint density at radius 1 is 1.29 bits per heavy atom. The Bertz CT molecular complexity index is 326. The fourth-order valence-electron chi connectivity index (χ4n) is 3.05. The zero-order chi connectivity index (χ0) is 11.5. The Kier molecular flexibility index (Phi) is 3.77. The van der Waals surface area contributed by atoms with Crippen LogP contribution in [0.15, 0.2) is 10.9 Å². The molecule has 3 heteroatoms. The van der Waals surface area contributed by atoms with Crippen LogP contribution in [0.4, 0.5) is 0 Å². The summed E-state index contributed by atoms with van der Waals surface area (Å²) in [5.41, 5.74) is 3.28. The molecule has 0 aliphatic heterocycles. The van der Waals surface area contributed by atoms with Gasteiger partial charge in [0.1, 0.15) is 0 Å². The summed E-state index contributed by atoms with van der Waals surface area (Å²) in [6.45, 7) is 1.22. The van der Waals surface area contributed by atoms with Crippen molar-refractivity contribution >= 4 is 11.3 Å².